The van der Waals surface area contributed by atoms with Gasteiger partial charge in [0.1, 0.15) is 0 Å². The van der Waals surface area contributed by atoms with Crippen LogP contribution in [-0.2, 0) is 7.05 Å². The van der Waals surface area contributed by atoms with E-state index in [2.05, 4.69) is 131 Å². The third-order valence-corrected chi connectivity index (χ3v) is 7.71. The Bertz CT molecular complexity index is 2110. The summed E-state index contributed by atoms with van der Waals surface area (Å²) in [5.41, 5.74) is 6.25. The number of fused-ring (bicyclic) bond motifs is 11. The molecule has 2 heterocycles. The van der Waals surface area contributed by atoms with Crippen LogP contribution in [-0.4, -0.2) is 9.13 Å². The van der Waals surface area contributed by atoms with Gasteiger partial charge in [-0.3, -0.25) is 0 Å². The Kier molecular flexibility index (Phi) is 3.62. The van der Waals surface area contributed by atoms with E-state index in [9.17, 15) is 0 Å². The molecule has 2 nitrogen and oxygen atoms in total. The minimum atomic E-state index is 1.19. The van der Waals surface area contributed by atoms with Gasteiger partial charge in [0.05, 0.1) is 16.6 Å². The van der Waals surface area contributed by atoms with E-state index in [0.29, 0.717) is 0 Å². The smallest absolute Gasteiger partial charge is 0.0568 e. The Balaban J connectivity index is 1.55. The first kappa shape index (κ1) is 18.8. The van der Waals surface area contributed by atoms with Crippen LogP contribution in [0.5, 0.6) is 0 Å². The van der Waals surface area contributed by atoms with Crippen molar-refractivity contribution < 1.29 is 0 Å². The number of rotatable bonds is 1. The van der Waals surface area contributed by atoms with Crippen molar-refractivity contribution in [3.8, 4) is 5.69 Å². The van der Waals surface area contributed by atoms with Gasteiger partial charge in [-0.2, -0.15) is 0 Å². The van der Waals surface area contributed by atoms with Crippen LogP contribution < -0.4 is 0 Å². The van der Waals surface area contributed by atoms with Gasteiger partial charge in [-0.1, -0.05) is 84.9 Å². The van der Waals surface area contributed by atoms with E-state index in [1.165, 1.54) is 70.8 Å². The van der Waals surface area contributed by atoms with Gasteiger partial charge in [-0.25, -0.2) is 0 Å². The Morgan fingerprint density at radius 1 is 0.400 bits per heavy atom. The van der Waals surface area contributed by atoms with Gasteiger partial charge in [0.25, 0.3) is 0 Å². The van der Waals surface area contributed by atoms with E-state index in [1.54, 1.807) is 0 Å². The van der Waals surface area contributed by atoms with Crippen molar-refractivity contribution in [1.82, 2.24) is 9.13 Å². The maximum Gasteiger partial charge on any atom is 0.0568 e. The van der Waals surface area contributed by atoms with E-state index < -0.39 is 0 Å². The second kappa shape index (κ2) is 6.74. The first-order chi connectivity index (χ1) is 17.3. The lowest BCUT2D eigenvalue weighted by Gasteiger charge is -2.10. The highest BCUT2D eigenvalue weighted by molar-refractivity contribution is 6.28. The average Bonchev–Trinajstić information content (AvgIpc) is 3.41. The summed E-state index contributed by atoms with van der Waals surface area (Å²) in [7, 11) is 2.19. The Hall–Kier alpha value is -4.56. The summed E-state index contributed by atoms with van der Waals surface area (Å²) in [5, 5.41) is 10.5. The first-order valence-electron chi connectivity index (χ1n) is 12.1. The lowest BCUT2D eigenvalue weighted by Crippen LogP contribution is -1.93. The summed E-state index contributed by atoms with van der Waals surface area (Å²) in [6.45, 7) is 0. The minimum absolute atomic E-state index is 1.19. The number of hydrogen-bond donors (Lipinski definition) is 0. The SMILES string of the molecule is Cn1c2ccccc2c2ccc3c4ccc5c(c4ccc3c21)c1ccccc1n5-c1ccccc1. The molecule has 8 aromatic rings. The van der Waals surface area contributed by atoms with Crippen LogP contribution in [0.25, 0.3) is 70.8 Å². The second-order valence-electron chi connectivity index (χ2n) is 9.44. The molecule has 0 aliphatic heterocycles. The van der Waals surface area contributed by atoms with Crippen molar-refractivity contribution in [1.29, 1.82) is 0 Å². The van der Waals surface area contributed by atoms with Crippen LogP contribution in [0.15, 0.2) is 115 Å². The molecule has 0 bridgehead atoms. The maximum atomic E-state index is 2.39. The fourth-order valence-electron chi connectivity index (χ4n) is 6.22. The molecule has 35 heavy (non-hydrogen) atoms. The largest absolute Gasteiger partial charge is 0.343 e. The summed E-state index contributed by atoms with van der Waals surface area (Å²) < 4.78 is 4.74. The monoisotopic (exact) mass is 446 g/mol. The molecule has 164 valence electrons. The molecule has 0 saturated carbocycles. The fraction of sp³-hybridized carbons (Fsp3) is 0.0303. The van der Waals surface area contributed by atoms with Crippen molar-refractivity contribution in [3.05, 3.63) is 115 Å². The molecule has 8 rings (SSSR count). The maximum absolute atomic E-state index is 2.39. The molecule has 0 unspecified atom stereocenters. The lowest BCUT2D eigenvalue weighted by molar-refractivity contribution is 1.02. The molecule has 0 aliphatic rings. The second-order valence-corrected chi connectivity index (χ2v) is 9.44. The summed E-state index contributed by atoms with van der Waals surface area (Å²) >= 11 is 0. The van der Waals surface area contributed by atoms with E-state index in [0.717, 1.165) is 0 Å². The zero-order chi connectivity index (χ0) is 23.1. The zero-order valence-electron chi connectivity index (χ0n) is 19.4. The highest BCUT2D eigenvalue weighted by Gasteiger charge is 2.17. The van der Waals surface area contributed by atoms with E-state index in [4.69, 9.17) is 0 Å². The average molecular weight is 447 g/mol. The number of nitrogens with zero attached hydrogens (tertiary/aromatic N) is 2. The summed E-state index contributed by atoms with van der Waals surface area (Å²) in [5.74, 6) is 0. The molecule has 0 fully saturated rings. The van der Waals surface area contributed by atoms with Crippen molar-refractivity contribution in [3.63, 3.8) is 0 Å². The van der Waals surface area contributed by atoms with Crippen molar-refractivity contribution in [2.75, 3.05) is 0 Å². The highest BCUT2D eigenvalue weighted by atomic mass is 15.0. The Morgan fingerprint density at radius 3 is 1.80 bits per heavy atom. The molecule has 0 amide bonds. The van der Waals surface area contributed by atoms with Gasteiger partial charge in [0.2, 0.25) is 0 Å². The molecule has 6 aromatic carbocycles. The minimum Gasteiger partial charge on any atom is -0.343 e. The van der Waals surface area contributed by atoms with Crippen LogP contribution >= 0.6 is 0 Å². The van der Waals surface area contributed by atoms with E-state index >= 15 is 0 Å². The highest BCUT2D eigenvalue weighted by Crippen LogP contribution is 2.41. The van der Waals surface area contributed by atoms with Gasteiger partial charge in [-0.05, 0) is 46.5 Å². The molecule has 2 heteroatoms. The molecular weight excluding hydrogens is 424 g/mol. The third-order valence-electron chi connectivity index (χ3n) is 7.71. The van der Waals surface area contributed by atoms with Crippen LogP contribution in [0.4, 0.5) is 0 Å². The predicted octanol–water partition coefficient (Wildman–Crippen LogP) is 8.74. The molecule has 2 aromatic heterocycles. The summed E-state index contributed by atoms with van der Waals surface area (Å²) in [6, 6.07) is 42.0. The first-order valence-corrected chi connectivity index (χ1v) is 12.1. The number of aromatic nitrogens is 2. The number of hydrogen-bond acceptors (Lipinski definition) is 0. The summed E-state index contributed by atoms with van der Waals surface area (Å²) in [4.78, 5) is 0. The van der Waals surface area contributed by atoms with Crippen molar-refractivity contribution in [2.24, 2.45) is 7.05 Å². The van der Waals surface area contributed by atoms with Crippen LogP contribution in [0.2, 0.25) is 0 Å². The van der Waals surface area contributed by atoms with Crippen LogP contribution in [0, 0.1) is 0 Å². The van der Waals surface area contributed by atoms with Gasteiger partial charge < -0.3 is 9.13 Å². The van der Waals surface area contributed by atoms with Gasteiger partial charge >= 0.3 is 0 Å². The molecule has 0 N–H and O–H groups in total. The number of aryl methyl sites for hydroxylation is 1. The van der Waals surface area contributed by atoms with E-state index in [-0.39, 0.29) is 0 Å². The Labute approximate surface area is 202 Å². The van der Waals surface area contributed by atoms with Crippen LogP contribution in [0.1, 0.15) is 0 Å². The normalized spacial score (nSPS) is 12.1. The number of benzene rings is 6. The third kappa shape index (κ3) is 2.38. The van der Waals surface area contributed by atoms with Gasteiger partial charge in [-0.15, -0.1) is 0 Å². The van der Waals surface area contributed by atoms with Gasteiger partial charge in [0, 0.05) is 45.2 Å². The lowest BCUT2D eigenvalue weighted by atomic mass is 9.96. The molecular formula is C33H22N2. The topological polar surface area (TPSA) is 9.86 Å². The molecule has 0 radical (unpaired) electrons. The van der Waals surface area contributed by atoms with Crippen molar-refractivity contribution in [2.45, 2.75) is 0 Å². The summed E-state index contributed by atoms with van der Waals surface area (Å²) in [6.07, 6.45) is 0. The van der Waals surface area contributed by atoms with Gasteiger partial charge in [0.15, 0.2) is 0 Å². The van der Waals surface area contributed by atoms with Crippen molar-refractivity contribution >= 4 is 65.2 Å². The van der Waals surface area contributed by atoms with E-state index in [1.807, 2.05) is 0 Å². The predicted molar refractivity (Wildman–Crippen MR) is 150 cm³/mol. The molecule has 0 spiro atoms. The van der Waals surface area contributed by atoms with Crippen LogP contribution in [0.3, 0.4) is 0 Å². The fourth-order valence-corrected chi connectivity index (χ4v) is 6.22. The Morgan fingerprint density at radius 2 is 0.971 bits per heavy atom. The standard InChI is InChI=1S/C33H22N2/c1-34-29-13-7-5-11-24(29)27-17-15-23-22-19-20-31-32(25(22)16-18-26(23)33(27)34)28-12-6-8-14-30(28)35(31)21-9-3-2-4-10-21/h2-20H,1H3. The molecule has 0 aliphatic carbocycles. The number of para-hydroxylation sites is 3. The molecule has 0 atom stereocenters. The zero-order valence-corrected chi connectivity index (χ0v) is 19.4. The quantitative estimate of drug-likeness (QED) is 0.223. The molecule has 0 saturated heterocycles.